The van der Waals surface area contributed by atoms with Crippen LogP contribution in [-0.4, -0.2) is 15.7 Å². The molecule has 5 heteroatoms. The van der Waals surface area contributed by atoms with E-state index >= 15 is 0 Å². The number of nitrogens with two attached hydrogens (primary N) is 1. The predicted molar refractivity (Wildman–Crippen MR) is 59.6 cm³/mol. The minimum atomic E-state index is -0.321. The number of aromatic nitrogens is 2. The maximum Gasteiger partial charge on any atom is 0.228 e. The van der Waals surface area contributed by atoms with Crippen LogP contribution in [0.2, 0.25) is 0 Å². The van der Waals surface area contributed by atoms with Gasteiger partial charge in [0.25, 0.3) is 0 Å². The lowest BCUT2D eigenvalue weighted by molar-refractivity contribution is 0.348. The Hall–Kier alpha value is -1.20. The summed E-state index contributed by atoms with van der Waals surface area (Å²) in [5.41, 5.74) is 6.54. The van der Waals surface area contributed by atoms with Gasteiger partial charge in [0.1, 0.15) is 0 Å². The fourth-order valence-corrected chi connectivity index (χ4v) is 1.86. The van der Waals surface area contributed by atoms with Crippen molar-refractivity contribution in [1.29, 1.82) is 0 Å². The minimum Gasteiger partial charge on any atom is -0.339 e. The molecule has 2 aromatic rings. The second-order valence-electron chi connectivity index (χ2n) is 4.19. The van der Waals surface area contributed by atoms with Gasteiger partial charge in [-0.05, 0) is 25.3 Å². The molecule has 0 aliphatic heterocycles. The van der Waals surface area contributed by atoms with E-state index in [-0.39, 0.29) is 5.54 Å². The maximum atomic E-state index is 5.87. The van der Waals surface area contributed by atoms with Crippen LogP contribution in [0.3, 0.4) is 0 Å². The van der Waals surface area contributed by atoms with Gasteiger partial charge in [0.15, 0.2) is 0 Å². The molecule has 2 rings (SSSR count). The normalized spacial score (nSPS) is 11.9. The van der Waals surface area contributed by atoms with E-state index in [0.29, 0.717) is 18.1 Å². The average Bonchev–Trinajstić information content (AvgIpc) is 2.68. The first-order chi connectivity index (χ1) is 7.04. The molecule has 15 heavy (non-hydrogen) atoms. The van der Waals surface area contributed by atoms with Crippen molar-refractivity contribution < 1.29 is 4.52 Å². The van der Waals surface area contributed by atoms with E-state index in [9.17, 15) is 0 Å². The van der Waals surface area contributed by atoms with E-state index in [0.717, 1.165) is 5.56 Å². The van der Waals surface area contributed by atoms with E-state index in [2.05, 4.69) is 10.1 Å². The molecule has 0 aliphatic rings. The zero-order chi connectivity index (χ0) is 10.9. The quantitative estimate of drug-likeness (QED) is 0.865. The molecule has 0 aliphatic carbocycles. The van der Waals surface area contributed by atoms with Crippen LogP contribution in [0, 0.1) is 0 Å². The standard InChI is InChI=1S/C10H13N3OS/c1-10(2,11)5-8-12-9(13-14-8)7-3-4-15-6-7/h3-4,6H,5,11H2,1-2H3. The average molecular weight is 223 g/mol. The lowest BCUT2D eigenvalue weighted by Gasteiger charge is -2.14. The topological polar surface area (TPSA) is 64.9 Å². The summed E-state index contributed by atoms with van der Waals surface area (Å²) >= 11 is 1.61. The highest BCUT2D eigenvalue weighted by molar-refractivity contribution is 7.08. The van der Waals surface area contributed by atoms with Crippen LogP contribution in [0.5, 0.6) is 0 Å². The summed E-state index contributed by atoms with van der Waals surface area (Å²) in [7, 11) is 0. The van der Waals surface area contributed by atoms with Gasteiger partial charge in [-0.25, -0.2) is 0 Å². The first-order valence-corrected chi connectivity index (χ1v) is 5.63. The lowest BCUT2D eigenvalue weighted by atomic mass is 10.0. The van der Waals surface area contributed by atoms with Crippen LogP contribution in [0.25, 0.3) is 11.4 Å². The number of nitrogens with zero attached hydrogens (tertiary/aromatic N) is 2. The van der Waals surface area contributed by atoms with Crippen molar-refractivity contribution in [3.05, 3.63) is 22.7 Å². The molecule has 0 fully saturated rings. The van der Waals surface area contributed by atoms with Crippen molar-refractivity contribution in [3.63, 3.8) is 0 Å². The Morgan fingerprint density at radius 2 is 2.33 bits per heavy atom. The summed E-state index contributed by atoms with van der Waals surface area (Å²) in [6, 6.07) is 1.97. The molecule has 0 spiro atoms. The Morgan fingerprint density at radius 1 is 1.53 bits per heavy atom. The zero-order valence-electron chi connectivity index (χ0n) is 8.73. The summed E-state index contributed by atoms with van der Waals surface area (Å²) < 4.78 is 5.13. The molecule has 2 N–H and O–H groups in total. The van der Waals surface area contributed by atoms with Gasteiger partial charge in [-0.15, -0.1) is 0 Å². The molecule has 80 valence electrons. The van der Waals surface area contributed by atoms with Gasteiger partial charge in [-0.3, -0.25) is 0 Å². The molecular weight excluding hydrogens is 210 g/mol. The third kappa shape index (κ3) is 2.64. The second kappa shape index (κ2) is 3.75. The molecule has 0 saturated carbocycles. The Bertz CT molecular complexity index is 428. The molecule has 4 nitrogen and oxygen atoms in total. The van der Waals surface area contributed by atoms with E-state index in [1.54, 1.807) is 11.3 Å². The molecule has 0 radical (unpaired) electrons. The summed E-state index contributed by atoms with van der Waals surface area (Å²) in [4.78, 5) is 4.29. The van der Waals surface area contributed by atoms with Crippen LogP contribution >= 0.6 is 11.3 Å². The summed E-state index contributed by atoms with van der Waals surface area (Å²) in [5, 5.41) is 7.88. The molecule has 0 aromatic carbocycles. The molecule has 0 amide bonds. The fraction of sp³-hybridized carbons (Fsp3) is 0.400. The molecule has 0 atom stereocenters. The first kappa shape index (κ1) is 10.3. The van der Waals surface area contributed by atoms with Gasteiger partial charge in [-0.2, -0.15) is 16.3 Å². The lowest BCUT2D eigenvalue weighted by Crippen LogP contribution is -2.34. The summed E-state index contributed by atoms with van der Waals surface area (Å²) in [6.45, 7) is 3.86. The maximum absolute atomic E-state index is 5.87. The summed E-state index contributed by atoms with van der Waals surface area (Å²) in [6.07, 6.45) is 0.587. The monoisotopic (exact) mass is 223 g/mol. The minimum absolute atomic E-state index is 0.321. The molecular formula is C10H13N3OS. The van der Waals surface area contributed by atoms with Gasteiger partial charge in [-0.1, -0.05) is 5.16 Å². The van der Waals surface area contributed by atoms with E-state index < -0.39 is 0 Å². The fourth-order valence-electron chi connectivity index (χ4n) is 1.23. The van der Waals surface area contributed by atoms with Crippen molar-refractivity contribution in [2.45, 2.75) is 25.8 Å². The van der Waals surface area contributed by atoms with Crippen molar-refractivity contribution in [2.75, 3.05) is 0 Å². The highest BCUT2D eigenvalue weighted by atomic mass is 32.1. The Balaban J connectivity index is 2.18. The van der Waals surface area contributed by atoms with Crippen LogP contribution < -0.4 is 5.73 Å². The SMILES string of the molecule is CC(C)(N)Cc1nc(-c2ccsc2)no1. The van der Waals surface area contributed by atoms with Crippen LogP contribution in [0.4, 0.5) is 0 Å². The number of hydrogen-bond acceptors (Lipinski definition) is 5. The van der Waals surface area contributed by atoms with Gasteiger partial charge < -0.3 is 10.3 Å². The summed E-state index contributed by atoms with van der Waals surface area (Å²) in [5.74, 6) is 1.22. The van der Waals surface area contributed by atoms with Crippen LogP contribution in [-0.2, 0) is 6.42 Å². The van der Waals surface area contributed by atoms with Gasteiger partial charge in [0, 0.05) is 22.9 Å². The molecule has 2 aromatic heterocycles. The Labute approximate surface area is 92.1 Å². The van der Waals surface area contributed by atoms with E-state index in [1.165, 1.54) is 0 Å². The first-order valence-electron chi connectivity index (χ1n) is 4.69. The Morgan fingerprint density at radius 3 is 2.93 bits per heavy atom. The largest absolute Gasteiger partial charge is 0.339 e. The molecule has 0 bridgehead atoms. The number of thiophene rings is 1. The third-order valence-corrected chi connectivity index (χ3v) is 2.54. The number of rotatable bonds is 3. The zero-order valence-corrected chi connectivity index (χ0v) is 9.54. The van der Waals surface area contributed by atoms with Gasteiger partial charge in [0.05, 0.1) is 0 Å². The van der Waals surface area contributed by atoms with Crippen molar-refractivity contribution in [1.82, 2.24) is 10.1 Å². The molecule has 0 saturated heterocycles. The predicted octanol–water partition coefficient (Wildman–Crippen LogP) is 2.08. The highest BCUT2D eigenvalue weighted by Crippen LogP contribution is 2.19. The van der Waals surface area contributed by atoms with E-state index in [4.69, 9.17) is 10.3 Å². The molecule has 0 unspecified atom stereocenters. The molecule has 2 heterocycles. The second-order valence-corrected chi connectivity index (χ2v) is 4.97. The van der Waals surface area contributed by atoms with Crippen molar-refractivity contribution in [3.8, 4) is 11.4 Å². The highest BCUT2D eigenvalue weighted by Gasteiger charge is 2.17. The van der Waals surface area contributed by atoms with Gasteiger partial charge >= 0.3 is 0 Å². The smallest absolute Gasteiger partial charge is 0.228 e. The third-order valence-electron chi connectivity index (χ3n) is 1.85. The van der Waals surface area contributed by atoms with Crippen LogP contribution in [0.15, 0.2) is 21.3 Å². The van der Waals surface area contributed by atoms with Crippen molar-refractivity contribution in [2.24, 2.45) is 5.73 Å². The van der Waals surface area contributed by atoms with Gasteiger partial charge in [0.2, 0.25) is 11.7 Å². The van der Waals surface area contributed by atoms with Crippen molar-refractivity contribution >= 4 is 11.3 Å². The number of hydrogen-bond donors (Lipinski definition) is 1. The van der Waals surface area contributed by atoms with E-state index in [1.807, 2.05) is 30.7 Å². The Kier molecular flexibility index (Phi) is 2.58. The van der Waals surface area contributed by atoms with Crippen LogP contribution in [0.1, 0.15) is 19.7 Å².